The first-order chi connectivity index (χ1) is 6.31. The lowest BCUT2D eigenvalue weighted by Gasteiger charge is -2.23. The fraction of sp³-hybridized carbons (Fsp3) is 0.444. The maximum atomic E-state index is 5.64. The van der Waals surface area contributed by atoms with Crippen LogP contribution in [0.2, 0.25) is 0 Å². The van der Waals surface area contributed by atoms with Gasteiger partial charge in [-0.2, -0.15) is 0 Å². The van der Waals surface area contributed by atoms with E-state index in [2.05, 4.69) is 16.6 Å². The second-order valence-electron chi connectivity index (χ2n) is 3.25. The van der Waals surface area contributed by atoms with Crippen LogP contribution in [0.3, 0.4) is 0 Å². The first kappa shape index (κ1) is 8.31. The van der Waals surface area contributed by atoms with Gasteiger partial charge in [-0.1, -0.05) is 11.2 Å². The maximum absolute atomic E-state index is 5.64. The van der Waals surface area contributed by atoms with E-state index in [1.54, 1.807) is 0 Å². The van der Waals surface area contributed by atoms with Gasteiger partial charge in [0.2, 0.25) is 5.88 Å². The second-order valence-corrected chi connectivity index (χ2v) is 3.25. The van der Waals surface area contributed by atoms with Crippen molar-refractivity contribution in [2.24, 2.45) is 0 Å². The molecule has 0 bridgehead atoms. The van der Waals surface area contributed by atoms with E-state index in [1.807, 2.05) is 6.08 Å². The van der Waals surface area contributed by atoms with E-state index in [1.165, 1.54) is 0 Å². The molecule has 4 heteroatoms. The molecule has 0 aliphatic carbocycles. The molecule has 0 fully saturated rings. The Morgan fingerprint density at radius 2 is 2.54 bits per heavy atom. The highest BCUT2D eigenvalue weighted by molar-refractivity contribution is 5.40. The van der Waals surface area contributed by atoms with Crippen molar-refractivity contribution in [3.63, 3.8) is 0 Å². The van der Waals surface area contributed by atoms with Crippen molar-refractivity contribution in [2.45, 2.75) is 13.0 Å². The zero-order valence-corrected chi connectivity index (χ0v) is 7.49. The number of anilines is 1. The third-order valence-corrected chi connectivity index (χ3v) is 2.33. The highest BCUT2D eigenvalue weighted by Crippen LogP contribution is 2.23. The van der Waals surface area contributed by atoms with Gasteiger partial charge < -0.3 is 10.3 Å². The van der Waals surface area contributed by atoms with Gasteiger partial charge in [0.15, 0.2) is 0 Å². The molecule has 70 valence electrons. The van der Waals surface area contributed by atoms with Crippen LogP contribution in [0.5, 0.6) is 0 Å². The smallest absolute Gasteiger partial charge is 0.226 e. The number of fused-ring (bicyclic) bond motifs is 1. The molecule has 0 spiro atoms. The van der Waals surface area contributed by atoms with E-state index >= 15 is 0 Å². The number of nitrogen functional groups attached to an aromatic ring is 1. The highest BCUT2D eigenvalue weighted by Gasteiger charge is 2.21. The summed E-state index contributed by atoms with van der Waals surface area (Å²) in [5.41, 5.74) is 7.70. The van der Waals surface area contributed by atoms with Gasteiger partial charge in [0, 0.05) is 26.1 Å². The predicted octanol–water partition coefficient (Wildman–Crippen LogP) is 0.801. The lowest BCUT2D eigenvalue weighted by atomic mass is 10.1. The standard InChI is InChI=1S/C9H13N3O/c1-2-4-12-5-3-8-7(6-12)9(10)13-11-8/h2H,1,3-6,10H2. The summed E-state index contributed by atoms with van der Waals surface area (Å²) in [6, 6.07) is 0. The summed E-state index contributed by atoms with van der Waals surface area (Å²) in [6.07, 6.45) is 2.82. The van der Waals surface area contributed by atoms with Gasteiger partial charge in [0.25, 0.3) is 0 Å². The zero-order valence-electron chi connectivity index (χ0n) is 7.49. The summed E-state index contributed by atoms with van der Waals surface area (Å²) in [4.78, 5) is 2.27. The van der Waals surface area contributed by atoms with Gasteiger partial charge in [0.05, 0.1) is 11.3 Å². The summed E-state index contributed by atoms with van der Waals surface area (Å²) in [6.45, 7) is 6.44. The molecule has 0 radical (unpaired) electrons. The molecule has 2 rings (SSSR count). The first-order valence-corrected chi connectivity index (χ1v) is 4.37. The van der Waals surface area contributed by atoms with E-state index in [0.717, 1.165) is 37.3 Å². The Morgan fingerprint density at radius 3 is 3.31 bits per heavy atom. The van der Waals surface area contributed by atoms with Crippen molar-refractivity contribution in [3.05, 3.63) is 23.9 Å². The van der Waals surface area contributed by atoms with Crippen LogP contribution < -0.4 is 5.73 Å². The Labute approximate surface area is 77.0 Å². The molecule has 1 aliphatic heterocycles. The highest BCUT2D eigenvalue weighted by atomic mass is 16.5. The molecule has 0 saturated carbocycles. The van der Waals surface area contributed by atoms with Gasteiger partial charge in [-0.05, 0) is 0 Å². The Balaban J connectivity index is 2.17. The Bertz CT molecular complexity index is 319. The van der Waals surface area contributed by atoms with Gasteiger partial charge in [-0.25, -0.2) is 0 Å². The lowest BCUT2D eigenvalue weighted by molar-refractivity contribution is 0.281. The van der Waals surface area contributed by atoms with Crippen LogP contribution in [0.4, 0.5) is 5.88 Å². The molecule has 1 aliphatic rings. The van der Waals surface area contributed by atoms with Crippen LogP contribution in [0.25, 0.3) is 0 Å². The molecule has 1 aromatic rings. The quantitative estimate of drug-likeness (QED) is 0.682. The topological polar surface area (TPSA) is 55.3 Å². The van der Waals surface area contributed by atoms with Crippen molar-refractivity contribution in [3.8, 4) is 0 Å². The molecule has 1 aromatic heterocycles. The second kappa shape index (κ2) is 3.22. The van der Waals surface area contributed by atoms with E-state index in [0.29, 0.717) is 5.88 Å². The number of hydrogen-bond donors (Lipinski definition) is 1. The fourth-order valence-electron chi connectivity index (χ4n) is 1.63. The Hall–Kier alpha value is -1.29. The van der Waals surface area contributed by atoms with Crippen molar-refractivity contribution in [1.29, 1.82) is 0 Å². The van der Waals surface area contributed by atoms with E-state index in [4.69, 9.17) is 10.3 Å². The molecule has 0 saturated heterocycles. The number of hydrogen-bond acceptors (Lipinski definition) is 4. The van der Waals surface area contributed by atoms with Crippen molar-refractivity contribution in [1.82, 2.24) is 10.1 Å². The average Bonchev–Trinajstić information content (AvgIpc) is 2.49. The van der Waals surface area contributed by atoms with Crippen molar-refractivity contribution in [2.75, 3.05) is 18.8 Å². The number of rotatable bonds is 2. The minimum atomic E-state index is 0.462. The first-order valence-electron chi connectivity index (χ1n) is 4.37. The van der Waals surface area contributed by atoms with Crippen molar-refractivity contribution >= 4 is 5.88 Å². The molecule has 13 heavy (non-hydrogen) atoms. The molecule has 2 N–H and O–H groups in total. The van der Waals surface area contributed by atoms with E-state index < -0.39 is 0 Å². The van der Waals surface area contributed by atoms with Crippen molar-refractivity contribution < 1.29 is 4.52 Å². The zero-order chi connectivity index (χ0) is 9.26. The predicted molar refractivity (Wildman–Crippen MR) is 50.1 cm³/mol. The number of aromatic nitrogens is 1. The van der Waals surface area contributed by atoms with E-state index in [-0.39, 0.29) is 0 Å². The van der Waals surface area contributed by atoms with Crippen LogP contribution in [0.1, 0.15) is 11.3 Å². The summed E-state index contributed by atoms with van der Waals surface area (Å²) in [5.74, 6) is 0.462. The van der Waals surface area contributed by atoms with Crippen LogP contribution in [-0.2, 0) is 13.0 Å². The third-order valence-electron chi connectivity index (χ3n) is 2.33. The Morgan fingerprint density at radius 1 is 1.69 bits per heavy atom. The summed E-state index contributed by atoms with van der Waals surface area (Å²) >= 11 is 0. The van der Waals surface area contributed by atoms with Gasteiger partial charge in [0.1, 0.15) is 0 Å². The maximum Gasteiger partial charge on any atom is 0.226 e. The summed E-state index contributed by atoms with van der Waals surface area (Å²) < 4.78 is 4.92. The minimum absolute atomic E-state index is 0.462. The summed E-state index contributed by atoms with van der Waals surface area (Å²) in [7, 11) is 0. The molecular weight excluding hydrogens is 166 g/mol. The van der Waals surface area contributed by atoms with Gasteiger partial charge in [-0.15, -0.1) is 6.58 Å². The number of nitrogens with zero attached hydrogens (tertiary/aromatic N) is 2. The molecule has 0 unspecified atom stereocenters. The Kier molecular flexibility index (Phi) is 2.06. The third kappa shape index (κ3) is 1.45. The molecule has 4 nitrogen and oxygen atoms in total. The monoisotopic (exact) mass is 179 g/mol. The molecule has 0 amide bonds. The minimum Gasteiger partial charge on any atom is -0.367 e. The summed E-state index contributed by atoms with van der Waals surface area (Å²) in [5, 5.41) is 3.90. The SMILES string of the molecule is C=CCN1CCc2noc(N)c2C1. The van der Waals surface area contributed by atoms with Crippen LogP contribution in [-0.4, -0.2) is 23.1 Å². The van der Waals surface area contributed by atoms with E-state index in [9.17, 15) is 0 Å². The number of nitrogens with two attached hydrogens (primary N) is 1. The van der Waals surface area contributed by atoms with Crippen LogP contribution >= 0.6 is 0 Å². The molecule has 2 heterocycles. The van der Waals surface area contributed by atoms with Crippen LogP contribution in [0.15, 0.2) is 17.2 Å². The average molecular weight is 179 g/mol. The normalized spacial score (nSPS) is 16.9. The van der Waals surface area contributed by atoms with Gasteiger partial charge in [-0.3, -0.25) is 4.90 Å². The van der Waals surface area contributed by atoms with Gasteiger partial charge >= 0.3 is 0 Å². The fourth-order valence-corrected chi connectivity index (χ4v) is 1.63. The van der Waals surface area contributed by atoms with Crippen LogP contribution in [0, 0.1) is 0 Å². The largest absolute Gasteiger partial charge is 0.367 e. The lowest BCUT2D eigenvalue weighted by Crippen LogP contribution is -2.30. The molecular formula is C9H13N3O. The molecule has 0 atom stereocenters. The molecule has 0 aromatic carbocycles.